The standard InChI is InChI=1S/C26H33OP/c1-17-11-9-12-18(2)22(17)15-24(26(6,7)8)21(5)25(28-27)16-23-19(3)13-10-14-20(23)4/h9-16,21H,1-8H3. The molecule has 1 atom stereocenters. The van der Waals surface area contributed by atoms with Crippen LogP contribution in [0.5, 0.6) is 0 Å². The molecule has 1 unspecified atom stereocenters. The SMILES string of the molecule is Cc1cccc(C)c1C=C(P=O)C(C)C(=Cc1c(C)cccc1C)C(C)(C)C. The first-order valence-corrected chi connectivity index (χ1v) is 10.8. The minimum absolute atomic E-state index is 0.0291. The van der Waals surface area contributed by atoms with Crippen molar-refractivity contribution in [1.29, 1.82) is 0 Å². The third-order valence-electron chi connectivity index (χ3n) is 5.56. The molecule has 2 aromatic carbocycles. The van der Waals surface area contributed by atoms with E-state index in [1.165, 1.54) is 39.0 Å². The Morgan fingerprint density at radius 3 is 1.57 bits per heavy atom. The van der Waals surface area contributed by atoms with Crippen LogP contribution in [0.1, 0.15) is 61.1 Å². The lowest BCUT2D eigenvalue weighted by atomic mass is 9.77. The van der Waals surface area contributed by atoms with Crippen LogP contribution in [-0.2, 0) is 4.57 Å². The average molecular weight is 393 g/mol. The van der Waals surface area contributed by atoms with Crippen molar-refractivity contribution >= 4 is 20.6 Å². The summed E-state index contributed by atoms with van der Waals surface area (Å²) in [6.45, 7) is 17.4. The van der Waals surface area contributed by atoms with Crippen molar-refractivity contribution in [1.82, 2.24) is 0 Å². The molecule has 0 aliphatic heterocycles. The van der Waals surface area contributed by atoms with Crippen molar-refractivity contribution < 1.29 is 4.57 Å². The molecule has 2 rings (SSSR count). The van der Waals surface area contributed by atoms with Crippen molar-refractivity contribution in [3.05, 3.63) is 80.7 Å². The summed E-state index contributed by atoms with van der Waals surface area (Å²) in [7, 11) is 0.0844. The van der Waals surface area contributed by atoms with Gasteiger partial charge in [-0.05, 0) is 72.6 Å². The van der Waals surface area contributed by atoms with Gasteiger partial charge in [-0.1, -0.05) is 75.7 Å². The number of allylic oxidation sites excluding steroid dienone is 2. The van der Waals surface area contributed by atoms with E-state index in [1.54, 1.807) is 0 Å². The quantitative estimate of drug-likeness (QED) is 0.467. The maximum absolute atomic E-state index is 12.2. The zero-order chi connectivity index (χ0) is 21.1. The van der Waals surface area contributed by atoms with Gasteiger partial charge in [0, 0.05) is 11.2 Å². The van der Waals surface area contributed by atoms with E-state index in [9.17, 15) is 4.57 Å². The fraction of sp³-hybridized carbons (Fsp3) is 0.385. The van der Waals surface area contributed by atoms with E-state index in [0.717, 1.165) is 5.31 Å². The molecule has 0 spiro atoms. The Kier molecular flexibility index (Phi) is 7.18. The third kappa shape index (κ3) is 5.09. The Morgan fingerprint density at radius 1 is 0.821 bits per heavy atom. The van der Waals surface area contributed by atoms with Crippen LogP contribution >= 0.6 is 8.46 Å². The second-order valence-electron chi connectivity index (χ2n) is 8.84. The van der Waals surface area contributed by atoms with E-state index in [2.05, 4.69) is 104 Å². The van der Waals surface area contributed by atoms with Crippen LogP contribution < -0.4 is 0 Å². The largest absolute Gasteiger partial charge is 0.270 e. The van der Waals surface area contributed by atoms with Crippen LogP contribution in [0.15, 0.2) is 47.3 Å². The first kappa shape index (κ1) is 22.3. The molecule has 0 aliphatic rings. The molecule has 1 nitrogen and oxygen atoms in total. The van der Waals surface area contributed by atoms with E-state index in [4.69, 9.17) is 0 Å². The summed E-state index contributed by atoms with van der Waals surface area (Å²) in [5.41, 5.74) is 8.68. The molecule has 0 radical (unpaired) electrons. The number of hydrogen-bond donors (Lipinski definition) is 0. The minimum atomic E-state index is -0.0291. The highest BCUT2D eigenvalue weighted by Crippen LogP contribution is 2.41. The van der Waals surface area contributed by atoms with Crippen LogP contribution in [0.4, 0.5) is 0 Å². The summed E-state index contributed by atoms with van der Waals surface area (Å²) in [5.74, 6) is 0.0807. The topological polar surface area (TPSA) is 17.1 Å². The van der Waals surface area contributed by atoms with E-state index in [0.29, 0.717) is 0 Å². The molecule has 0 saturated heterocycles. The molecular weight excluding hydrogens is 359 g/mol. The van der Waals surface area contributed by atoms with Crippen LogP contribution in [0.25, 0.3) is 12.2 Å². The molecular formula is C26H33OP. The van der Waals surface area contributed by atoms with Gasteiger partial charge in [0.1, 0.15) is 0 Å². The van der Waals surface area contributed by atoms with E-state index in [-0.39, 0.29) is 19.8 Å². The predicted octanol–water partition coefficient (Wildman–Crippen LogP) is 8.32. The van der Waals surface area contributed by atoms with Crippen LogP contribution in [0.2, 0.25) is 0 Å². The maximum Gasteiger partial charge on any atom is 0.188 e. The minimum Gasteiger partial charge on any atom is -0.270 e. The molecule has 0 amide bonds. The Balaban J connectivity index is 2.62. The second-order valence-corrected chi connectivity index (χ2v) is 9.54. The fourth-order valence-electron chi connectivity index (χ4n) is 3.79. The van der Waals surface area contributed by atoms with Gasteiger partial charge >= 0.3 is 0 Å². The molecule has 0 aromatic heterocycles. The van der Waals surface area contributed by atoms with Crippen LogP contribution in [0, 0.1) is 39.0 Å². The summed E-state index contributed by atoms with van der Waals surface area (Å²) in [4.78, 5) is 0. The molecule has 0 aliphatic carbocycles. The molecule has 0 heterocycles. The van der Waals surface area contributed by atoms with Crippen LogP contribution in [0.3, 0.4) is 0 Å². The number of aryl methyl sites for hydroxylation is 4. The molecule has 28 heavy (non-hydrogen) atoms. The maximum atomic E-state index is 12.2. The molecule has 148 valence electrons. The molecule has 2 heteroatoms. The first-order valence-electron chi connectivity index (χ1n) is 9.95. The van der Waals surface area contributed by atoms with Crippen LogP contribution in [-0.4, -0.2) is 0 Å². The van der Waals surface area contributed by atoms with Gasteiger partial charge in [0.25, 0.3) is 0 Å². The fourth-order valence-corrected chi connectivity index (χ4v) is 4.27. The highest BCUT2D eigenvalue weighted by molar-refractivity contribution is 7.29. The number of hydrogen-bond acceptors (Lipinski definition) is 1. The molecule has 2 aromatic rings. The van der Waals surface area contributed by atoms with E-state index >= 15 is 0 Å². The average Bonchev–Trinajstić information content (AvgIpc) is 2.60. The summed E-state index contributed by atoms with van der Waals surface area (Å²) in [6, 6.07) is 12.7. The van der Waals surface area contributed by atoms with Gasteiger partial charge in [0.05, 0.1) is 0 Å². The van der Waals surface area contributed by atoms with Crippen molar-refractivity contribution in [3.63, 3.8) is 0 Å². The van der Waals surface area contributed by atoms with Gasteiger partial charge in [-0.3, -0.25) is 4.57 Å². The van der Waals surface area contributed by atoms with Crippen molar-refractivity contribution in [2.75, 3.05) is 0 Å². The summed E-state index contributed by atoms with van der Waals surface area (Å²) >= 11 is 0. The Labute approximate surface area is 172 Å². The van der Waals surface area contributed by atoms with Gasteiger partial charge in [-0.25, -0.2) is 0 Å². The molecule has 0 saturated carbocycles. The number of benzene rings is 2. The van der Waals surface area contributed by atoms with Gasteiger partial charge < -0.3 is 0 Å². The molecule has 0 bridgehead atoms. The Morgan fingerprint density at radius 2 is 1.21 bits per heavy atom. The van der Waals surface area contributed by atoms with Crippen molar-refractivity contribution in [2.24, 2.45) is 11.3 Å². The molecule has 0 fully saturated rings. The highest BCUT2D eigenvalue weighted by atomic mass is 31.1. The Hall–Kier alpha value is -1.98. The van der Waals surface area contributed by atoms with Gasteiger partial charge in [0.2, 0.25) is 0 Å². The number of rotatable bonds is 5. The molecule has 0 N–H and O–H groups in total. The van der Waals surface area contributed by atoms with Crippen molar-refractivity contribution in [3.8, 4) is 0 Å². The second kappa shape index (κ2) is 9.01. The van der Waals surface area contributed by atoms with Gasteiger partial charge in [-0.2, -0.15) is 0 Å². The predicted molar refractivity (Wildman–Crippen MR) is 124 cm³/mol. The third-order valence-corrected chi connectivity index (χ3v) is 6.29. The zero-order valence-electron chi connectivity index (χ0n) is 18.6. The Bertz CT molecular complexity index is 885. The van der Waals surface area contributed by atoms with E-state index in [1.807, 2.05) is 0 Å². The lowest BCUT2D eigenvalue weighted by Gasteiger charge is -2.29. The zero-order valence-corrected chi connectivity index (χ0v) is 19.4. The summed E-state index contributed by atoms with van der Waals surface area (Å²) in [5, 5.41) is 0.921. The lowest BCUT2D eigenvalue weighted by molar-refractivity contribution is 0.464. The lowest BCUT2D eigenvalue weighted by Crippen LogP contribution is -2.17. The van der Waals surface area contributed by atoms with Crippen molar-refractivity contribution in [2.45, 2.75) is 55.4 Å². The van der Waals surface area contributed by atoms with E-state index < -0.39 is 0 Å². The summed E-state index contributed by atoms with van der Waals surface area (Å²) < 4.78 is 12.2. The van der Waals surface area contributed by atoms with Gasteiger partial charge in [0.15, 0.2) is 8.46 Å². The smallest absolute Gasteiger partial charge is 0.188 e. The monoisotopic (exact) mass is 392 g/mol. The van der Waals surface area contributed by atoms with Gasteiger partial charge in [-0.15, -0.1) is 0 Å². The first-order chi connectivity index (χ1) is 13.1. The summed E-state index contributed by atoms with van der Waals surface area (Å²) in [6.07, 6.45) is 4.44. The normalized spacial score (nSPS) is 14.4. The highest BCUT2D eigenvalue weighted by Gasteiger charge is 2.26.